The van der Waals surface area contributed by atoms with E-state index in [1.165, 1.54) is 4.90 Å². The average Bonchev–Trinajstić information content (AvgIpc) is 2.75. The minimum Gasteiger partial charge on any atom is -0.477 e. The van der Waals surface area contributed by atoms with Crippen molar-refractivity contribution >= 4 is 23.3 Å². The normalized spacial score (nSPS) is 12.0. The summed E-state index contributed by atoms with van der Waals surface area (Å²) < 4.78 is 0. The first kappa shape index (κ1) is 15.4. The topological polar surface area (TPSA) is 103 Å². The van der Waals surface area contributed by atoms with Crippen molar-refractivity contribution in [2.45, 2.75) is 26.4 Å². The molecule has 7 nitrogen and oxygen atoms in total. The number of urea groups is 1. The average molecular weight is 287 g/mol. The third kappa shape index (κ3) is 3.90. The second-order valence-corrected chi connectivity index (χ2v) is 5.21. The molecule has 0 aliphatic carbocycles. The van der Waals surface area contributed by atoms with Crippen LogP contribution in [-0.2, 0) is 6.54 Å². The van der Waals surface area contributed by atoms with Crippen molar-refractivity contribution in [1.29, 1.82) is 0 Å². The molecule has 19 heavy (non-hydrogen) atoms. The molecule has 1 aromatic heterocycles. The fourth-order valence-corrected chi connectivity index (χ4v) is 2.17. The highest BCUT2D eigenvalue weighted by Crippen LogP contribution is 2.17. The van der Waals surface area contributed by atoms with E-state index >= 15 is 0 Å². The Kier molecular flexibility index (Phi) is 5.25. The molecule has 0 spiro atoms. The van der Waals surface area contributed by atoms with Crippen molar-refractivity contribution in [2.75, 3.05) is 13.7 Å². The highest BCUT2D eigenvalue weighted by atomic mass is 32.1. The summed E-state index contributed by atoms with van der Waals surface area (Å²) >= 11 is 1.04. The van der Waals surface area contributed by atoms with Crippen LogP contribution >= 0.6 is 11.3 Å². The minimum atomic E-state index is -1.02. The first-order valence-electron chi connectivity index (χ1n) is 5.68. The number of nitrogens with one attached hydrogen (secondary N) is 1. The lowest BCUT2D eigenvalue weighted by molar-refractivity contribution is 0.0701. The highest BCUT2D eigenvalue weighted by molar-refractivity contribution is 7.13. The molecule has 1 unspecified atom stereocenters. The Balaban J connectivity index is 2.60. The van der Waals surface area contributed by atoms with Crippen molar-refractivity contribution in [3.63, 3.8) is 0 Å². The fourth-order valence-electron chi connectivity index (χ4n) is 1.32. The molecule has 0 aliphatic heterocycles. The van der Waals surface area contributed by atoms with Crippen molar-refractivity contribution in [3.8, 4) is 0 Å². The molecule has 1 heterocycles. The van der Waals surface area contributed by atoms with E-state index in [0.29, 0.717) is 10.7 Å². The number of rotatable bonds is 5. The number of likely N-dealkylation sites (N-methyl/N-ethyl adjacent to an activating group) is 1. The van der Waals surface area contributed by atoms with Crippen LogP contribution < -0.4 is 5.32 Å². The molecular formula is C11H17N3O4S. The van der Waals surface area contributed by atoms with Gasteiger partial charge in [-0.25, -0.2) is 14.6 Å². The number of aryl methyl sites for hydroxylation is 1. The number of aliphatic hydroxyl groups is 1. The third-order valence-corrected chi connectivity index (χ3v) is 3.82. The number of carboxylic acid groups (broad SMARTS) is 1. The number of aliphatic hydroxyl groups excluding tert-OH is 1. The van der Waals surface area contributed by atoms with E-state index < -0.39 is 5.97 Å². The summed E-state index contributed by atoms with van der Waals surface area (Å²) in [6, 6.07) is -0.626. The summed E-state index contributed by atoms with van der Waals surface area (Å²) in [6.45, 7) is 3.38. The molecule has 1 atom stereocenters. The smallest absolute Gasteiger partial charge is 0.347 e. The zero-order chi connectivity index (χ0) is 14.6. The monoisotopic (exact) mass is 287 g/mol. The van der Waals surface area contributed by atoms with E-state index in [1.807, 2.05) is 0 Å². The van der Waals surface area contributed by atoms with Gasteiger partial charge in [-0.3, -0.25) is 0 Å². The molecule has 1 aromatic rings. The van der Waals surface area contributed by atoms with Crippen molar-refractivity contribution in [1.82, 2.24) is 15.2 Å². The van der Waals surface area contributed by atoms with Crippen molar-refractivity contribution in [2.24, 2.45) is 0 Å². The van der Waals surface area contributed by atoms with Gasteiger partial charge in [-0.1, -0.05) is 0 Å². The number of hydrogen-bond donors (Lipinski definition) is 3. The molecule has 0 bridgehead atoms. The van der Waals surface area contributed by atoms with Gasteiger partial charge in [-0.15, -0.1) is 11.3 Å². The number of nitrogens with zero attached hydrogens (tertiary/aromatic N) is 2. The quantitative estimate of drug-likeness (QED) is 0.738. The van der Waals surface area contributed by atoms with Crippen LogP contribution in [0.25, 0.3) is 0 Å². The number of carboxylic acids is 1. The minimum absolute atomic E-state index is 0.122. The molecule has 3 N–H and O–H groups in total. The van der Waals surface area contributed by atoms with Gasteiger partial charge < -0.3 is 20.4 Å². The fraction of sp³-hybridized carbons (Fsp3) is 0.545. The van der Waals surface area contributed by atoms with E-state index in [0.717, 1.165) is 11.3 Å². The third-order valence-electron chi connectivity index (χ3n) is 2.67. The number of aromatic carboxylic acids is 1. The van der Waals surface area contributed by atoms with Crippen LogP contribution in [0.3, 0.4) is 0 Å². The summed E-state index contributed by atoms with van der Waals surface area (Å²) in [4.78, 5) is 28.2. The van der Waals surface area contributed by atoms with Gasteiger partial charge in [0.05, 0.1) is 24.9 Å². The van der Waals surface area contributed by atoms with E-state index in [1.54, 1.807) is 20.9 Å². The Bertz CT molecular complexity index is 475. The van der Waals surface area contributed by atoms with Crippen LogP contribution in [-0.4, -0.2) is 51.8 Å². The van der Waals surface area contributed by atoms with Gasteiger partial charge in [-0.2, -0.15) is 0 Å². The van der Waals surface area contributed by atoms with E-state index in [4.69, 9.17) is 10.2 Å². The van der Waals surface area contributed by atoms with Gasteiger partial charge in [0, 0.05) is 7.05 Å². The number of carbonyl (C=O) groups excluding carboxylic acids is 1. The van der Waals surface area contributed by atoms with Gasteiger partial charge in [0.25, 0.3) is 0 Å². The molecule has 1 rings (SSSR count). The molecule has 106 valence electrons. The first-order valence-corrected chi connectivity index (χ1v) is 6.49. The van der Waals surface area contributed by atoms with Gasteiger partial charge in [0.2, 0.25) is 0 Å². The van der Waals surface area contributed by atoms with Gasteiger partial charge in [-0.05, 0) is 13.8 Å². The maximum Gasteiger partial charge on any atom is 0.347 e. The molecule has 0 radical (unpaired) electrons. The van der Waals surface area contributed by atoms with Crippen LogP contribution in [0, 0.1) is 6.92 Å². The van der Waals surface area contributed by atoms with Crippen molar-refractivity contribution < 1.29 is 19.8 Å². The predicted octanol–water partition coefficient (Wildman–Crippen LogP) is 0.672. The first-order chi connectivity index (χ1) is 8.86. The second kappa shape index (κ2) is 6.48. The van der Waals surface area contributed by atoms with Gasteiger partial charge >= 0.3 is 12.0 Å². The second-order valence-electron chi connectivity index (χ2n) is 4.13. The summed E-state index contributed by atoms with van der Waals surface area (Å²) in [5.74, 6) is -1.02. The zero-order valence-corrected chi connectivity index (χ0v) is 11.8. The summed E-state index contributed by atoms with van der Waals surface area (Å²) in [6.07, 6.45) is 0. The Morgan fingerprint density at radius 3 is 2.63 bits per heavy atom. The summed E-state index contributed by atoms with van der Waals surface area (Å²) in [5.41, 5.74) is 0.443. The van der Waals surface area contributed by atoms with Gasteiger partial charge in [0.15, 0.2) is 0 Å². The number of carbonyl (C=O) groups is 2. The molecule has 0 fully saturated rings. The van der Waals surface area contributed by atoms with Crippen LogP contribution in [0.1, 0.15) is 27.3 Å². The molecular weight excluding hydrogens is 270 g/mol. The van der Waals surface area contributed by atoms with E-state index in [2.05, 4.69) is 10.3 Å². The van der Waals surface area contributed by atoms with Crippen LogP contribution in [0.15, 0.2) is 0 Å². The Morgan fingerprint density at radius 1 is 1.53 bits per heavy atom. The lowest BCUT2D eigenvalue weighted by Crippen LogP contribution is -2.43. The molecule has 0 saturated heterocycles. The SMILES string of the molecule is Cc1nc(CNC(=O)N(C)C(C)CO)sc1C(=O)O. The summed E-state index contributed by atoms with van der Waals surface area (Å²) in [5, 5.41) is 21.0. The molecule has 0 aromatic carbocycles. The predicted molar refractivity (Wildman–Crippen MR) is 70.4 cm³/mol. The summed E-state index contributed by atoms with van der Waals surface area (Å²) in [7, 11) is 1.58. The van der Waals surface area contributed by atoms with Gasteiger partial charge in [0.1, 0.15) is 9.88 Å². The maximum atomic E-state index is 11.7. The number of hydrogen-bond acceptors (Lipinski definition) is 5. The Labute approximate surface area is 114 Å². The van der Waals surface area contributed by atoms with Crippen LogP contribution in [0.4, 0.5) is 4.79 Å². The maximum absolute atomic E-state index is 11.7. The standard InChI is InChI=1S/C11H17N3O4S/c1-6(5-15)14(3)11(18)12-4-8-13-7(2)9(19-8)10(16)17/h6,15H,4-5H2,1-3H3,(H,12,18)(H,16,17). The van der Waals surface area contributed by atoms with Crippen LogP contribution in [0.2, 0.25) is 0 Å². The Morgan fingerprint density at radius 2 is 2.16 bits per heavy atom. The molecule has 2 amide bonds. The largest absolute Gasteiger partial charge is 0.477 e. The zero-order valence-electron chi connectivity index (χ0n) is 11.0. The van der Waals surface area contributed by atoms with Crippen molar-refractivity contribution in [3.05, 3.63) is 15.6 Å². The lowest BCUT2D eigenvalue weighted by Gasteiger charge is -2.23. The molecule has 8 heteroatoms. The van der Waals surface area contributed by atoms with E-state index in [9.17, 15) is 9.59 Å². The number of thiazole rings is 1. The molecule has 0 aliphatic rings. The number of aromatic nitrogens is 1. The van der Waals surface area contributed by atoms with E-state index in [-0.39, 0.29) is 30.1 Å². The molecule has 0 saturated carbocycles. The van der Waals surface area contributed by atoms with Crippen LogP contribution in [0.5, 0.6) is 0 Å². The highest BCUT2D eigenvalue weighted by Gasteiger charge is 2.17. The number of amides is 2. The Hall–Kier alpha value is -1.67. The lowest BCUT2D eigenvalue weighted by atomic mass is 10.3.